The maximum Gasteiger partial charge on any atom is 0.257 e. The summed E-state index contributed by atoms with van der Waals surface area (Å²) in [4.78, 5) is 16.9. The Morgan fingerprint density at radius 2 is 2.08 bits per heavy atom. The van der Waals surface area contributed by atoms with Crippen LogP contribution in [0.15, 0.2) is 29.9 Å². The van der Waals surface area contributed by atoms with Crippen LogP contribution < -0.4 is 5.32 Å². The van der Waals surface area contributed by atoms with Crippen molar-refractivity contribution < 1.29 is 4.79 Å². The molecule has 1 N–H and O–H groups in total. The summed E-state index contributed by atoms with van der Waals surface area (Å²) in [5, 5.41) is 16.5. The minimum absolute atomic E-state index is 0.0381. The number of benzene rings is 1. The van der Waals surface area contributed by atoms with E-state index in [0.717, 1.165) is 16.9 Å². The Balaban J connectivity index is 1.78. The maximum atomic E-state index is 12.4. The molecule has 2 aromatic heterocycles. The van der Waals surface area contributed by atoms with Crippen LogP contribution in [0.3, 0.4) is 0 Å². The van der Waals surface area contributed by atoms with Crippen molar-refractivity contribution in [1.82, 2.24) is 25.2 Å². The monoisotopic (exact) mass is 342 g/mol. The smallest absolute Gasteiger partial charge is 0.257 e. The van der Waals surface area contributed by atoms with Crippen molar-refractivity contribution in [2.24, 2.45) is 0 Å². The van der Waals surface area contributed by atoms with Crippen LogP contribution in [0.5, 0.6) is 0 Å². The van der Waals surface area contributed by atoms with Crippen LogP contribution in [0.1, 0.15) is 42.4 Å². The number of rotatable bonds is 3. The van der Waals surface area contributed by atoms with Crippen molar-refractivity contribution in [2.45, 2.75) is 33.1 Å². The minimum Gasteiger partial charge on any atom is -0.298 e. The third kappa shape index (κ3) is 3.33. The second kappa shape index (κ2) is 6.12. The van der Waals surface area contributed by atoms with Crippen molar-refractivity contribution in [3.05, 3.63) is 46.7 Å². The van der Waals surface area contributed by atoms with Gasteiger partial charge in [0.25, 0.3) is 5.91 Å². The summed E-state index contributed by atoms with van der Waals surface area (Å²) in [6.45, 7) is 8.19. The first-order valence-electron chi connectivity index (χ1n) is 7.46. The molecule has 8 heteroatoms. The molecule has 7 nitrogen and oxygen atoms in total. The highest BCUT2D eigenvalue weighted by Gasteiger charge is 2.18. The summed E-state index contributed by atoms with van der Waals surface area (Å²) in [7, 11) is 0. The van der Waals surface area contributed by atoms with Gasteiger partial charge in [0.2, 0.25) is 0 Å². The van der Waals surface area contributed by atoms with Crippen molar-refractivity contribution in [3.8, 4) is 5.69 Å². The number of aromatic nitrogens is 5. The van der Waals surface area contributed by atoms with E-state index >= 15 is 0 Å². The number of amides is 1. The van der Waals surface area contributed by atoms with Crippen LogP contribution in [0.2, 0.25) is 0 Å². The zero-order valence-corrected chi connectivity index (χ0v) is 14.8. The van der Waals surface area contributed by atoms with Crippen LogP contribution >= 0.6 is 11.3 Å². The first kappa shape index (κ1) is 16.3. The van der Waals surface area contributed by atoms with E-state index in [0.29, 0.717) is 10.7 Å². The molecule has 0 aliphatic heterocycles. The van der Waals surface area contributed by atoms with E-state index in [1.54, 1.807) is 10.7 Å². The number of nitrogens with zero attached hydrogens (tertiary/aromatic N) is 5. The van der Waals surface area contributed by atoms with Gasteiger partial charge in [-0.05, 0) is 41.1 Å². The van der Waals surface area contributed by atoms with E-state index in [9.17, 15) is 4.79 Å². The fraction of sp³-hybridized carbons (Fsp3) is 0.312. The number of aryl methyl sites for hydroxylation is 1. The van der Waals surface area contributed by atoms with Gasteiger partial charge in [0.05, 0.1) is 11.4 Å². The third-order valence-corrected chi connectivity index (χ3v) is 4.31. The molecule has 0 aliphatic carbocycles. The molecule has 0 radical (unpaired) electrons. The second-order valence-electron chi connectivity index (χ2n) is 6.50. The fourth-order valence-corrected chi connectivity index (χ4v) is 3.10. The standard InChI is InChI=1S/C16H18N6OS/c1-10-7-11(5-6-12(10)22-9-17-20-21-22)14(23)19-15-18-13(8-24-15)16(2,3)4/h5-9H,1-4H3,(H,18,19,23). The highest BCUT2D eigenvalue weighted by atomic mass is 32.1. The minimum atomic E-state index is -0.184. The Bertz CT molecular complexity index is 863. The number of hydrogen-bond donors (Lipinski definition) is 1. The van der Waals surface area contributed by atoms with Gasteiger partial charge in [-0.1, -0.05) is 20.8 Å². The summed E-state index contributed by atoms with van der Waals surface area (Å²) >= 11 is 1.43. The molecule has 124 valence electrons. The molecule has 3 rings (SSSR count). The Kier molecular flexibility index (Phi) is 4.15. The predicted octanol–water partition coefficient (Wildman–Crippen LogP) is 2.98. The van der Waals surface area contributed by atoms with Gasteiger partial charge in [0.15, 0.2) is 5.13 Å². The summed E-state index contributed by atoms with van der Waals surface area (Å²) in [5.41, 5.74) is 3.24. The lowest BCUT2D eigenvalue weighted by Crippen LogP contribution is -2.14. The zero-order valence-electron chi connectivity index (χ0n) is 13.9. The molecule has 0 aliphatic rings. The average molecular weight is 342 g/mol. The summed E-state index contributed by atoms with van der Waals surface area (Å²) in [6, 6.07) is 5.38. The molecule has 0 fully saturated rings. The number of hydrogen-bond acceptors (Lipinski definition) is 6. The SMILES string of the molecule is Cc1cc(C(=O)Nc2nc(C(C)(C)C)cs2)ccc1-n1cnnn1. The fourth-order valence-electron chi connectivity index (χ4n) is 2.17. The number of carbonyl (C=O) groups is 1. The Hall–Kier alpha value is -2.61. The van der Waals surface area contributed by atoms with Gasteiger partial charge in [0, 0.05) is 16.4 Å². The van der Waals surface area contributed by atoms with Crippen molar-refractivity contribution in [3.63, 3.8) is 0 Å². The van der Waals surface area contributed by atoms with E-state index in [1.807, 2.05) is 24.4 Å². The molecule has 1 aromatic carbocycles. The molecule has 2 heterocycles. The molecule has 0 bridgehead atoms. The Morgan fingerprint density at radius 3 is 2.67 bits per heavy atom. The molecule has 0 unspecified atom stereocenters. The number of carbonyl (C=O) groups excluding carboxylic acids is 1. The predicted molar refractivity (Wildman–Crippen MR) is 92.7 cm³/mol. The topological polar surface area (TPSA) is 85.6 Å². The molecule has 3 aromatic rings. The van der Waals surface area contributed by atoms with Crippen LogP contribution in [0.4, 0.5) is 5.13 Å². The molecule has 0 saturated heterocycles. The largest absolute Gasteiger partial charge is 0.298 e. The number of thiazole rings is 1. The molecule has 0 saturated carbocycles. The lowest BCUT2D eigenvalue weighted by atomic mass is 9.93. The summed E-state index contributed by atoms with van der Waals surface area (Å²) in [5.74, 6) is -0.184. The van der Waals surface area contributed by atoms with E-state index < -0.39 is 0 Å². The van der Waals surface area contributed by atoms with Gasteiger partial charge in [0.1, 0.15) is 6.33 Å². The lowest BCUT2D eigenvalue weighted by Gasteiger charge is -2.14. The van der Waals surface area contributed by atoms with E-state index in [1.165, 1.54) is 17.7 Å². The van der Waals surface area contributed by atoms with Crippen LogP contribution in [0, 0.1) is 6.92 Å². The number of anilines is 1. The van der Waals surface area contributed by atoms with Gasteiger partial charge in [-0.25, -0.2) is 9.67 Å². The quantitative estimate of drug-likeness (QED) is 0.791. The van der Waals surface area contributed by atoms with Gasteiger partial charge in [-0.2, -0.15) is 0 Å². The Labute approximate surface area is 143 Å². The van der Waals surface area contributed by atoms with Crippen molar-refractivity contribution in [1.29, 1.82) is 0 Å². The van der Waals surface area contributed by atoms with Gasteiger partial charge in [-0.3, -0.25) is 10.1 Å². The molecule has 1 amide bonds. The van der Waals surface area contributed by atoms with E-state index in [4.69, 9.17) is 0 Å². The molecular formula is C16H18N6OS. The van der Waals surface area contributed by atoms with Crippen LogP contribution in [-0.4, -0.2) is 31.1 Å². The Morgan fingerprint density at radius 1 is 1.29 bits per heavy atom. The molecule has 24 heavy (non-hydrogen) atoms. The van der Waals surface area contributed by atoms with E-state index in [-0.39, 0.29) is 11.3 Å². The summed E-state index contributed by atoms with van der Waals surface area (Å²) in [6.07, 6.45) is 1.52. The molecule has 0 atom stereocenters. The normalized spacial score (nSPS) is 11.5. The van der Waals surface area contributed by atoms with Crippen LogP contribution in [-0.2, 0) is 5.41 Å². The first-order chi connectivity index (χ1) is 11.3. The highest BCUT2D eigenvalue weighted by Crippen LogP contribution is 2.26. The van der Waals surface area contributed by atoms with E-state index in [2.05, 4.69) is 46.6 Å². The van der Waals surface area contributed by atoms with Gasteiger partial charge < -0.3 is 0 Å². The lowest BCUT2D eigenvalue weighted by molar-refractivity contribution is 0.102. The molecular weight excluding hydrogens is 324 g/mol. The zero-order chi connectivity index (χ0) is 17.3. The highest BCUT2D eigenvalue weighted by molar-refractivity contribution is 7.14. The first-order valence-corrected chi connectivity index (χ1v) is 8.34. The maximum absolute atomic E-state index is 12.4. The summed E-state index contributed by atoms with van der Waals surface area (Å²) < 4.78 is 1.56. The van der Waals surface area contributed by atoms with Crippen molar-refractivity contribution >= 4 is 22.4 Å². The number of tetrazole rings is 1. The van der Waals surface area contributed by atoms with Gasteiger partial charge >= 0.3 is 0 Å². The third-order valence-electron chi connectivity index (χ3n) is 3.55. The van der Waals surface area contributed by atoms with Crippen LogP contribution in [0.25, 0.3) is 5.69 Å². The number of nitrogens with one attached hydrogen (secondary N) is 1. The van der Waals surface area contributed by atoms with Gasteiger partial charge in [-0.15, -0.1) is 16.4 Å². The van der Waals surface area contributed by atoms with Crippen molar-refractivity contribution in [2.75, 3.05) is 5.32 Å². The average Bonchev–Trinajstić information content (AvgIpc) is 3.17. The molecule has 0 spiro atoms. The second-order valence-corrected chi connectivity index (χ2v) is 7.36.